The van der Waals surface area contributed by atoms with Crippen LogP contribution in [0.4, 0.5) is 0 Å². The average molecular weight is 217 g/mol. The van der Waals surface area contributed by atoms with Gasteiger partial charge in [-0.3, -0.25) is 4.57 Å². The Kier molecular flexibility index (Phi) is 4.66. The predicted octanol–water partition coefficient (Wildman–Crippen LogP) is 2.75. The summed E-state index contributed by atoms with van der Waals surface area (Å²) < 4.78 is 9.45. The highest BCUT2D eigenvalue weighted by molar-refractivity contribution is 8.04. The van der Waals surface area contributed by atoms with Crippen molar-refractivity contribution >= 4 is 32.9 Å². The van der Waals surface area contributed by atoms with Crippen LogP contribution in [-0.2, 0) is 4.57 Å². The minimum absolute atomic E-state index is 0.203. The summed E-state index contributed by atoms with van der Waals surface area (Å²) in [4.78, 5) is 5.37. The third-order valence-corrected chi connectivity index (χ3v) is 2.94. The molecule has 0 unspecified atom stereocenters. The molecule has 0 radical (unpaired) electrons. The van der Waals surface area contributed by atoms with E-state index in [0.717, 1.165) is 0 Å². The molecule has 5 heteroatoms. The minimum Gasteiger partial charge on any atom is -0.275 e. The Labute approximate surface area is 82.8 Å². The van der Waals surface area contributed by atoms with Gasteiger partial charge in [0.1, 0.15) is 5.03 Å². The van der Waals surface area contributed by atoms with Crippen LogP contribution < -0.4 is 0 Å². The molecule has 1 aromatic rings. The molecule has 2 nitrogen and oxygen atoms in total. The summed E-state index contributed by atoms with van der Waals surface area (Å²) in [5.74, 6) is 0.713. The minimum atomic E-state index is 0.203. The fourth-order valence-corrected chi connectivity index (χ4v) is 1.42. The second-order valence-corrected chi connectivity index (χ2v) is 4.17. The molecule has 0 saturated carbocycles. The lowest BCUT2D eigenvalue weighted by Gasteiger charge is -1.66. The number of fused-ring (bicyclic) bond motifs is 1. The van der Waals surface area contributed by atoms with Crippen LogP contribution >= 0.6 is 32.9 Å². The van der Waals surface area contributed by atoms with Crippen molar-refractivity contribution in [3.63, 3.8) is 0 Å². The average Bonchev–Trinajstić information content (AvgIpc) is 2.85. The van der Waals surface area contributed by atoms with Gasteiger partial charge in [-0.2, -0.15) is 12.6 Å². The van der Waals surface area contributed by atoms with Crippen LogP contribution in [0.25, 0.3) is 0 Å². The topological polar surface area (TPSA) is 30.0 Å². The highest BCUT2D eigenvalue weighted by atomic mass is 32.2. The molecule has 0 fully saturated rings. The zero-order valence-electron chi connectivity index (χ0n) is 6.30. The molecule has 0 aromatic carbocycles. The van der Waals surface area contributed by atoms with E-state index < -0.39 is 0 Å². The van der Waals surface area contributed by atoms with Crippen LogP contribution in [0.1, 0.15) is 0 Å². The maximum atomic E-state index is 9.45. The number of hydrogen-bond donors (Lipinski definition) is 1. The third kappa shape index (κ3) is 3.57. The Bertz CT molecular complexity index is 248. The van der Waals surface area contributed by atoms with Gasteiger partial charge in [0.15, 0.2) is 8.46 Å². The van der Waals surface area contributed by atoms with E-state index in [1.54, 1.807) is 11.8 Å². The lowest BCUT2D eigenvalue weighted by molar-refractivity contribution is 0.599. The van der Waals surface area contributed by atoms with Crippen molar-refractivity contribution in [2.75, 3.05) is 11.9 Å². The second kappa shape index (κ2) is 5.57. The Morgan fingerprint density at radius 3 is 2.83 bits per heavy atom. The van der Waals surface area contributed by atoms with Crippen LogP contribution in [-0.4, -0.2) is 16.9 Å². The largest absolute Gasteiger partial charge is 0.275 e. The van der Waals surface area contributed by atoms with E-state index in [9.17, 15) is 4.57 Å². The first-order chi connectivity index (χ1) is 5.88. The van der Waals surface area contributed by atoms with Crippen molar-refractivity contribution < 1.29 is 4.57 Å². The van der Waals surface area contributed by atoms with Gasteiger partial charge >= 0.3 is 0 Å². The molecule has 0 amide bonds. The van der Waals surface area contributed by atoms with Crippen LogP contribution in [0.2, 0.25) is 0 Å². The number of rotatable bonds is 2. The molecule has 64 valence electrons. The number of thiol groups is 1. The van der Waals surface area contributed by atoms with Crippen LogP contribution in [0.15, 0.2) is 28.3 Å². The summed E-state index contributed by atoms with van der Waals surface area (Å²) in [6.45, 7) is 0. The highest BCUT2D eigenvalue weighted by Gasteiger charge is 2.16. The highest BCUT2D eigenvalue weighted by Crippen LogP contribution is 2.45. The molecule has 0 aliphatic carbocycles. The molecule has 0 N–H and O–H groups in total. The molecule has 0 saturated heterocycles. The van der Waals surface area contributed by atoms with Crippen molar-refractivity contribution in [2.24, 2.45) is 0 Å². The maximum absolute atomic E-state index is 9.45. The van der Waals surface area contributed by atoms with E-state index >= 15 is 0 Å². The van der Waals surface area contributed by atoms with E-state index in [2.05, 4.69) is 23.7 Å². The van der Waals surface area contributed by atoms with Crippen LogP contribution in [0.3, 0.4) is 0 Å². The summed E-state index contributed by atoms with van der Waals surface area (Å²) in [5, 5.41) is 1.20. The zero-order valence-corrected chi connectivity index (χ0v) is 8.91. The molecular formula is C7H8NOPS2. The Balaban J connectivity index is 0.000000130. The van der Waals surface area contributed by atoms with E-state index in [0.29, 0.717) is 11.9 Å². The smallest absolute Gasteiger partial charge is 0.156 e. The first-order valence-electron chi connectivity index (χ1n) is 3.41. The fraction of sp³-hybridized carbons (Fsp3) is 0.286. The van der Waals surface area contributed by atoms with E-state index in [1.165, 1.54) is 9.92 Å². The summed E-state index contributed by atoms with van der Waals surface area (Å²) in [6.07, 6.45) is 2.49. The van der Waals surface area contributed by atoms with Crippen LogP contribution in [0, 0.1) is 0 Å². The van der Waals surface area contributed by atoms with Gasteiger partial charge in [0.25, 0.3) is 0 Å². The van der Waals surface area contributed by atoms with Gasteiger partial charge in [0.05, 0.1) is 0 Å². The Hall–Kier alpha value is -0.0500. The van der Waals surface area contributed by atoms with Gasteiger partial charge in [-0.25, -0.2) is 4.98 Å². The quantitative estimate of drug-likeness (QED) is 0.476. The van der Waals surface area contributed by atoms with E-state index in [-0.39, 0.29) is 8.46 Å². The SMILES string of the molecule is O=PCCS.c1cnc2c(c1)S2. The molecule has 1 aliphatic rings. The molecular weight excluding hydrogens is 209 g/mol. The summed E-state index contributed by atoms with van der Waals surface area (Å²) >= 11 is 5.54. The summed E-state index contributed by atoms with van der Waals surface area (Å²) in [7, 11) is 0.203. The van der Waals surface area contributed by atoms with E-state index in [1.807, 2.05) is 12.3 Å². The lowest BCUT2D eigenvalue weighted by atomic mass is 10.5. The van der Waals surface area contributed by atoms with Gasteiger partial charge in [-0.1, -0.05) is 11.8 Å². The molecule has 0 bridgehead atoms. The Morgan fingerprint density at radius 2 is 2.50 bits per heavy atom. The molecule has 0 atom stereocenters. The predicted molar refractivity (Wildman–Crippen MR) is 54.7 cm³/mol. The van der Waals surface area contributed by atoms with Crippen molar-refractivity contribution in [1.29, 1.82) is 0 Å². The Morgan fingerprint density at radius 1 is 1.67 bits per heavy atom. The second-order valence-electron chi connectivity index (χ2n) is 1.99. The summed E-state index contributed by atoms with van der Waals surface area (Å²) in [5.41, 5.74) is 0. The van der Waals surface area contributed by atoms with Crippen molar-refractivity contribution in [2.45, 2.75) is 9.92 Å². The van der Waals surface area contributed by atoms with Crippen molar-refractivity contribution in [3.05, 3.63) is 18.3 Å². The van der Waals surface area contributed by atoms with Crippen molar-refractivity contribution in [3.8, 4) is 0 Å². The first-order valence-corrected chi connectivity index (χ1v) is 5.86. The normalized spacial score (nSPS) is 11.4. The molecule has 1 aromatic heterocycles. The van der Waals surface area contributed by atoms with Gasteiger partial charge in [0, 0.05) is 23.0 Å². The lowest BCUT2D eigenvalue weighted by Crippen LogP contribution is -1.65. The number of pyridine rings is 1. The maximum Gasteiger partial charge on any atom is 0.156 e. The molecule has 12 heavy (non-hydrogen) atoms. The third-order valence-electron chi connectivity index (χ3n) is 1.09. The molecule has 2 heterocycles. The van der Waals surface area contributed by atoms with Gasteiger partial charge in [-0.05, 0) is 12.1 Å². The molecule has 2 rings (SSSR count). The van der Waals surface area contributed by atoms with Gasteiger partial charge in [-0.15, -0.1) is 0 Å². The number of hydrogen-bond acceptors (Lipinski definition) is 4. The van der Waals surface area contributed by atoms with Crippen molar-refractivity contribution in [1.82, 2.24) is 4.98 Å². The number of aromatic nitrogens is 1. The zero-order chi connectivity index (χ0) is 8.81. The fourth-order valence-electron chi connectivity index (χ4n) is 0.556. The summed E-state index contributed by atoms with van der Waals surface area (Å²) in [6, 6.07) is 4.03. The van der Waals surface area contributed by atoms with Crippen LogP contribution in [0.5, 0.6) is 0 Å². The molecule has 1 aliphatic heterocycles. The molecule has 0 spiro atoms. The standard InChI is InChI=1S/C5H3NS.C2H5OPS/c1-2-4-5(7-4)6-3-1;3-4-1-2-5/h1-3H;5H,1-2H2. The van der Waals surface area contributed by atoms with E-state index in [4.69, 9.17) is 0 Å². The van der Waals surface area contributed by atoms with Gasteiger partial charge in [0.2, 0.25) is 0 Å². The van der Waals surface area contributed by atoms with Gasteiger partial charge < -0.3 is 0 Å². The first kappa shape index (κ1) is 10.0. The monoisotopic (exact) mass is 217 g/mol. The number of nitrogens with zero attached hydrogens (tertiary/aromatic N) is 1.